The van der Waals surface area contributed by atoms with Gasteiger partial charge in [-0.25, -0.2) is 0 Å². The largest absolute Gasteiger partial charge is 0.633 e. The van der Waals surface area contributed by atoms with E-state index in [1.165, 1.54) is 6.92 Å². The molecule has 1 fully saturated rings. The number of hydroxylamine groups is 3. The first-order chi connectivity index (χ1) is 6.62. The number of carbonyl (C=O) groups excluding carboxylic acids is 1. The summed E-state index contributed by atoms with van der Waals surface area (Å²) in [6.45, 7) is 4.85. The van der Waals surface area contributed by atoms with Crippen LogP contribution in [0.25, 0.3) is 0 Å². The van der Waals surface area contributed by atoms with E-state index >= 15 is 0 Å². The second kappa shape index (κ2) is 5.29. The van der Waals surface area contributed by atoms with Crippen molar-refractivity contribution in [2.24, 2.45) is 0 Å². The first-order valence-corrected chi connectivity index (χ1v) is 5.02. The molecule has 0 saturated carbocycles. The van der Waals surface area contributed by atoms with Crippen molar-refractivity contribution in [3.05, 3.63) is 5.21 Å². The lowest BCUT2D eigenvalue weighted by Crippen LogP contribution is -2.51. The molecule has 0 aromatic carbocycles. The quantitative estimate of drug-likeness (QED) is 0.392. The second-order valence-electron chi connectivity index (χ2n) is 3.68. The van der Waals surface area contributed by atoms with Crippen LogP contribution in [0.15, 0.2) is 0 Å². The van der Waals surface area contributed by atoms with Gasteiger partial charge in [0.05, 0.1) is 19.8 Å². The van der Waals surface area contributed by atoms with Crippen molar-refractivity contribution < 1.29 is 14.2 Å². The zero-order valence-electron chi connectivity index (χ0n) is 8.62. The van der Waals surface area contributed by atoms with Crippen molar-refractivity contribution in [1.29, 1.82) is 0 Å². The van der Waals surface area contributed by atoms with Crippen molar-refractivity contribution in [3.63, 3.8) is 0 Å². The van der Waals surface area contributed by atoms with Crippen LogP contribution in [-0.4, -0.2) is 49.9 Å². The third-order valence-corrected chi connectivity index (χ3v) is 2.40. The minimum absolute atomic E-state index is 0.0376. The van der Waals surface area contributed by atoms with Crippen LogP contribution in [0, 0.1) is 5.21 Å². The van der Waals surface area contributed by atoms with Crippen LogP contribution >= 0.6 is 0 Å². The van der Waals surface area contributed by atoms with Crippen LogP contribution in [0.2, 0.25) is 0 Å². The van der Waals surface area contributed by atoms with Gasteiger partial charge in [-0.15, -0.1) is 0 Å². The summed E-state index contributed by atoms with van der Waals surface area (Å²) in [6.07, 6.45) is 0.739. The van der Waals surface area contributed by atoms with Gasteiger partial charge < -0.3 is 19.9 Å². The van der Waals surface area contributed by atoms with Gasteiger partial charge in [0.2, 0.25) is 5.91 Å². The van der Waals surface area contributed by atoms with Crippen molar-refractivity contribution in [1.82, 2.24) is 5.32 Å². The Bertz CT molecular complexity index is 190. The number of nitrogens with zero attached hydrogens (tertiary/aromatic N) is 1. The summed E-state index contributed by atoms with van der Waals surface area (Å²) in [5.41, 5.74) is 0. The first kappa shape index (κ1) is 11.4. The Hall–Kier alpha value is -0.650. The summed E-state index contributed by atoms with van der Waals surface area (Å²) < 4.78 is 4.96. The standard InChI is InChI=1S/C9H18N2O3/c1-9(12)10-3-2-4-11(13)5-7-14-8-6-11/h2-8H2,1H3,(H,10,12). The molecular formula is C9H18N2O3. The number of hydrogen-bond donors (Lipinski definition) is 1. The molecule has 0 atom stereocenters. The summed E-state index contributed by atoms with van der Waals surface area (Å²) in [5.74, 6) is -0.0376. The van der Waals surface area contributed by atoms with Crippen molar-refractivity contribution in [2.75, 3.05) is 39.4 Å². The Kier molecular flexibility index (Phi) is 4.31. The molecule has 0 radical (unpaired) electrons. The maximum Gasteiger partial charge on any atom is 0.216 e. The number of ether oxygens (including phenoxy) is 1. The molecule has 0 bridgehead atoms. The van der Waals surface area contributed by atoms with Gasteiger partial charge in [0.1, 0.15) is 13.1 Å². The van der Waals surface area contributed by atoms with Gasteiger partial charge in [-0.05, 0) is 0 Å². The molecule has 1 aliphatic rings. The van der Waals surface area contributed by atoms with E-state index in [9.17, 15) is 10.0 Å². The Balaban J connectivity index is 2.12. The van der Waals surface area contributed by atoms with Gasteiger partial charge in [0.25, 0.3) is 0 Å². The van der Waals surface area contributed by atoms with E-state index in [0.29, 0.717) is 39.4 Å². The van der Waals surface area contributed by atoms with Gasteiger partial charge >= 0.3 is 0 Å². The molecule has 5 nitrogen and oxygen atoms in total. The predicted octanol–water partition coefficient (Wildman–Crippen LogP) is -0.143. The molecule has 0 aliphatic carbocycles. The number of amides is 1. The lowest BCUT2D eigenvalue weighted by atomic mass is 10.3. The molecule has 0 unspecified atom stereocenters. The third kappa shape index (κ3) is 4.04. The Morgan fingerprint density at radius 1 is 1.50 bits per heavy atom. The molecule has 1 saturated heterocycles. The van der Waals surface area contributed by atoms with E-state index in [1.807, 2.05) is 0 Å². The fourth-order valence-corrected chi connectivity index (χ4v) is 1.53. The van der Waals surface area contributed by atoms with Gasteiger partial charge in [0.15, 0.2) is 0 Å². The van der Waals surface area contributed by atoms with Crippen molar-refractivity contribution >= 4 is 5.91 Å². The number of quaternary nitrogens is 1. The maximum atomic E-state index is 11.9. The fraction of sp³-hybridized carbons (Fsp3) is 0.889. The minimum atomic E-state index is -0.167. The molecule has 1 aliphatic heterocycles. The van der Waals surface area contributed by atoms with Crippen molar-refractivity contribution in [3.8, 4) is 0 Å². The molecule has 1 N–H and O–H groups in total. The highest BCUT2D eigenvalue weighted by atomic mass is 16.6. The topological polar surface area (TPSA) is 61.4 Å². The Morgan fingerprint density at radius 2 is 2.14 bits per heavy atom. The minimum Gasteiger partial charge on any atom is -0.633 e. The van der Waals surface area contributed by atoms with E-state index in [2.05, 4.69) is 5.32 Å². The molecular weight excluding hydrogens is 184 g/mol. The molecule has 1 heterocycles. The zero-order chi connectivity index (χ0) is 10.4. The van der Waals surface area contributed by atoms with E-state index in [-0.39, 0.29) is 10.6 Å². The zero-order valence-corrected chi connectivity index (χ0v) is 8.62. The van der Waals surface area contributed by atoms with E-state index in [4.69, 9.17) is 4.74 Å². The van der Waals surface area contributed by atoms with Crippen molar-refractivity contribution in [2.45, 2.75) is 13.3 Å². The summed E-state index contributed by atoms with van der Waals surface area (Å²) in [6, 6.07) is 0. The Labute approximate surface area is 84.2 Å². The Morgan fingerprint density at radius 3 is 2.71 bits per heavy atom. The summed E-state index contributed by atoms with van der Waals surface area (Å²) in [7, 11) is 0. The predicted molar refractivity (Wildman–Crippen MR) is 52.3 cm³/mol. The number of carbonyl (C=O) groups is 1. The van der Waals surface area contributed by atoms with Gasteiger partial charge in [-0.3, -0.25) is 4.79 Å². The monoisotopic (exact) mass is 202 g/mol. The lowest BCUT2D eigenvalue weighted by molar-refractivity contribution is -0.888. The normalized spacial score (nSPS) is 20.4. The highest BCUT2D eigenvalue weighted by Gasteiger charge is 2.20. The number of rotatable bonds is 4. The highest BCUT2D eigenvalue weighted by molar-refractivity contribution is 5.72. The SMILES string of the molecule is CC(=O)NCCC[N+]1([O-])CCOCC1. The summed E-state index contributed by atoms with van der Waals surface area (Å²) in [5, 5.41) is 14.6. The van der Waals surface area contributed by atoms with Gasteiger partial charge in [0, 0.05) is 19.9 Å². The molecule has 1 amide bonds. The van der Waals surface area contributed by atoms with Crippen LogP contribution in [0.5, 0.6) is 0 Å². The number of hydrogen-bond acceptors (Lipinski definition) is 3. The fourth-order valence-electron chi connectivity index (χ4n) is 1.53. The van der Waals surface area contributed by atoms with Gasteiger partial charge in [-0.2, -0.15) is 0 Å². The smallest absolute Gasteiger partial charge is 0.216 e. The molecule has 0 aromatic rings. The molecule has 1 rings (SSSR count). The lowest BCUT2D eigenvalue weighted by Gasteiger charge is -2.45. The number of morpholine rings is 1. The van der Waals surface area contributed by atoms with Crippen LogP contribution in [-0.2, 0) is 9.53 Å². The average molecular weight is 202 g/mol. The molecule has 82 valence electrons. The van der Waals surface area contributed by atoms with Crippen LogP contribution < -0.4 is 5.32 Å². The summed E-state index contributed by atoms with van der Waals surface area (Å²) in [4.78, 5) is 10.6. The first-order valence-electron chi connectivity index (χ1n) is 5.02. The van der Waals surface area contributed by atoms with Crippen LogP contribution in [0.3, 0.4) is 0 Å². The van der Waals surface area contributed by atoms with E-state index < -0.39 is 0 Å². The van der Waals surface area contributed by atoms with Crippen LogP contribution in [0.1, 0.15) is 13.3 Å². The van der Waals surface area contributed by atoms with E-state index in [0.717, 1.165) is 6.42 Å². The molecule has 5 heteroatoms. The number of nitrogens with one attached hydrogen (secondary N) is 1. The highest BCUT2D eigenvalue weighted by Crippen LogP contribution is 2.09. The van der Waals surface area contributed by atoms with Gasteiger partial charge in [-0.1, -0.05) is 0 Å². The second-order valence-corrected chi connectivity index (χ2v) is 3.68. The average Bonchev–Trinajstić information content (AvgIpc) is 2.14. The molecule has 14 heavy (non-hydrogen) atoms. The molecule has 0 aromatic heterocycles. The third-order valence-electron chi connectivity index (χ3n) is 2.40. The maximum absolute atomic E-state index is 11.9. The molecule has 0 spiro atoms. The van der Waals surface area contributed by atoms with E-state index in [1.54, 1.807) is 0 Å². The van der Waals surface area contributed by atoms with Crippen LogP contribution in [0.4, 0.5) is 0 Å². The summed E-state index contributed by atoms with van der Waals surface area (Å²) >= 11 is 0.